The standard InChI is InChI=1S/C16H24N2O5S/c1-4-12(2)17-16(19)6-5-9-18(24(3,20)21)13-7-8-14-15(10-13)23-11-22-14/h7-8,10,12H,4-6,9,11H2,1-3H3,(H,17,19). The van der Waals surface area contributed by atoms with Gasteiger partial charge in [-0.15, -0.1) is 0 Å². The Labute approximate surface area is 143 Å². The molecule has 1 amide bonds. The first-order valence-corrected chi connectivity index (χ1v) is 9.82. The van der Waals surface area contributed by atoms with Crippen LogP contribution in [0, 0.1) is 0 Å². The Morgan fingerprint density at radius 2 is 2.04 bits per heavy atom. The van der Waals surface area contributed by atoms with Crippen LogP contribution in [0.25, 0.3) is 0 Å². The first kappa shape index (κ1) is 18.4. The molecule has 0 spiro atoms. The number of carbonyl (C=O) groups excluding carboxylic acids is 1. The molecule has 0 fully saturated rings. The molecule has 1 aromatic rings. The third-order valence-electron chi connectivity index (χ3n) is 3.83. The second kappa shape index (κ2) is 7.74. The van der Waals surface area contributed by atoms with E-state index < -0.39 is 10.0 Å². The summed E-state index contributed by atoms with van der Waals surface area (Å²) >= 11 is 0. The highest BCUT2D eigenvalue weighted by atomic mass is 32.2. The minimum Gasteiger partial charge on any atom is -0.454 e. The largest absolute Gasteiger partial charge is 0.454 e. The summed E-state index contributed by atoms with van der Waals surface area (Å²) in [5, 5.41) is 2.87. The van der Waals surface area contributed by atoms with Crippen molar-refractivity contribution in [2.45, 2.75) is 39.2 Å². The van der Waals surface area contributed by atoms with Gasteiger partial charge in [0.1, 0.15) is 0 Å². The number of rotatable bonds is 8. The maximum absolute atomic E-state index is 12.1. The molecule has 1 aromatic carbocycles. The lowest BCUT2D eigenvalue weighted by Gasteiger charge is -2.22. The molecule has 0 saturated carbocycles. The molecule has 1 aliphatic heterocycles. The molecule has 0 radical (unpaired) electrons. The van der Waals surface area contributed by atoms with Crippen LogP contribution in [0.15, 0.2) is 18.2 Å². The van der Waals surface area contributed by atoms with Crippen molar-refractivity contribution >= 4 is 21.6 Å². The number of ether oxygens (including phenoxy) is 2. The van der Waals surface area contributed by atoms with Gasteiger partial charge in [-0.1, -0.05) is 6.92 Å². The Morgan fingerprint density at radius 3 is 2.71 bits per heavy atom. The molecule has 1 heterocycles. The van der Waals surface area contributed by atoms with Crippen LogP contribution < -0.4 is 19.1 Å². The Bertz CT molecular complexity index is 690. The number of sulfonamides is 1. The number of hydrogen-bond acceptors (Lipinski definition) is 5. The van der Waals surface area contributed by atoms with Crippen molar-refractivity contribution in [3.8, 4) is 11.5 Å². The molecular formula is C16H24N2O5S. The maximum Gasteiger partial charge on any atom is 0.232 e. The first-order valence-electron chi connectivity index (χ1n) is 7.98. The first-order chi connectivity index (χ1) is 11.3. The monoisotopic (exact) mass is 356 g/mol. The van der Waals surface area contributed by atoms with Crippen molar-refractivity contribution in [3.05, 3.63) is 18.2 Å². The Kier molecular flexibility index (Phi) is 5.93. The van der Waals surface area contributed by atoms with E-state index in [1.54, 1.807) is 18.2 Å². The van der Waals surface area contributed by atoms with Gasteiger partial charge in [-0.3, -0.25) is 9.10 Å². The molecule has 0 aliphatic carbocycles. The van der Waals surface area contributed by atoms with Gasteiger partial charge >= 0.3 is 0 Å². The fourth-order valence-electron chi connectivity index (χ4n) is 2.36. The highest BCUT2D eigenvalue weighted by Gasteiger charge is 2.21. The third-order valence-corrected chi connectivity index (χ3v) is 5.02. The lowest BCUT2D eigenvalue weighted by atomic mass is 10.2. The minimum absolute atomic E-state index is 0.0662. The van der Waals surface area contributed by atoms with Crippen LogP contribution in [0.5, 0.6) is 11.5 Å². The molecule has 1 unspecified atom stereocenters. The zero-order valence-corrected chi connectivity index (χ0v) is 15.1. The number of hydrogen-bond donors (Lipinski definition) is 1. The molecule has 0 bridgehead atoms. The molecule has 0 aromatic heterocycles. The lowest BCUT2D eigenvalue weighted by molar-refractivity contribution is -0.121. The van der Waals surface area contributed by atoms with Crippen LogP contribution in [-0.4, -0.2) is 40.0 Å². The van der Waals surface area contributed by atoms with Crippen molar-refractivity contribution in [1.29, 1.82) is 0 Å². The number of nitrogens with zero attached hydrogens (tertiary/aromatic N) is 1. The van der Waals surface area contributed by atoms with Gasteiger partial charge in [0.2, 0.25) is 22.7 Å². The van der Waals surface area contributed by atoms with Gasteiger partial charge in [0.05, 0.1) is 11.9 Å². The minimum atomic E-state index is -3.46. The molecular weight excluding hydrogens is 332 g/mol. The predicted molar refractivity (Wildman–Crippen MR) is 91.9 cm³/mol. The molecule has 7 nitrogen and oxygen atoms in total. The average molecular weight is 356 g/mol. The molecule has 134 valence electrons. The van der Waals surface area contributed by atoms with E-state index in [1.165, 1.54) is 4.31 Å². The van der Waals surface area contributed by atoms with E-state index in [-0.39, 0.29) is 31.7 Å². The summed E-state index contributed by atoms with van der Waals surface area (Å²) in [5.41, 5.74) is 0.504. The number of fused-ring (bicyclic) bond motifs is 1. The van der Waals surface area contributed by atoms with Crippen LogP contribution in [0.3, 0.4) is 0 Å². The zero-order chi connectivity index (χ0) is 17.7. The Hall–Kier alpha value is -1.96. The summed E-state index contributed by atoms with van der Waals surface area (Å²) < 4.78 is 36.0. The highest BCUT2D eigenvalue weighted by molar-refractivity contribution is 7.92. The van der Waals surface area contributed by atoms with Gasteiger partial charge in [-0.25, -0.2) is 8.42 Å². The average Bonchev–Trinajstić information content (AvgIpc) is 2.97. The second-order valence-corrected chi connectivity index (χ2v) is 7.76. The van der Waals surface area contributed by atoms with Crippen LogP contribution in [-0.2, 0) is 14.8 Å². The van der Waals surface area contributed by atoms with E-state index in [1.807, 2.05) is 13.8 Å². The summed E-state index contributed by atoms with van der Waals surface area (Å²) in [7, 11) is -3.46. The van der Waals surface area contributed by atoms with E-state index in [9.17, 15) is 13.2 Å². The summed E-state index contributed by atoms with van der Waals surface area (Å²) in [6.45, 7) is 4.29. The Balaban J connectivity index is 2.01. The number of carbonyl (C=O) groups is 1. The molecule has 0 saturated heterocycles. The Morgan fingerprint density at radius 1 is 1.33 bits per heavy atom. The normalized spacial score (nSPS) is 14.3. The predicted octanol–water partition coefficient (Wildman–Crippen LogP) is 1.88. The van der Waals surface area contributed by atoms with Gasteiger partial charge in [0.15, 0.2) is 11.5 Å². The summed E-state index contributed by atoms with van der Waals surface area (Å²) in [6, 6.07) is 5.12. The van der Waals surface area contributed by atoms with Gasteiger partial charge in [0, 0.05) is 25.1 Å². The van der Waals surface area contributed by atoms with Crippen molar-refractivity contribution in [3.63, 3.8) is 0 Å². The second-order valence-electron chi connectivity index (χ2n) is 5.85. The van der Waals surface area contributed by atoms with E-state index in [4.69, 9.17) is 9.47 Å². The third kappa shape index (κ3) is 4.77. The molecule has 24 heavy (non-hydrogen) atoms. The smallest absolute Gasteiger partial charge is 0.232 e. The van der Waals surface area contributed by atoms with Crippen LogP contribution in [0.4, 0.5) is 5.69 Å². The van der Waals surface area contributed by atoms with Gasteiger partial charge < -0.3 is 14.8 Å². The van der Waals surface area contributed by atoms with Crippen LogP contribution in [0.2, 0.25) is 0 Å². The van der Waals surface area contributed by atoms with Gasteiger partial charge in [0.25, 0.3) is 0 Å². The molecule has 1 N–H and O–H groups in total. The topological polar surface area (TPSA) is 84.9 Å². The number of benzene rings is 1. The number of amides is 1. The van der Waals surface area contributed by atoms with Crippen molar-refractivity contribution in [2.75, 3.05) is 23.9 Å². The molecule has 2 rings (SSSR count). The molecule has 1 aliphatic rings. The van der Waals surface area contributed by atoms with Crippen molar-refractivity contribution in [1.82, 2.24) is 5.32 Å². The fourth-order valence-corrected chi connectivity index (χ4v) is 3.32. The van der Waals surface area contributed by atoms with Crippen molar-refractivity contribution < 1.29 is 22.7 Å². The number of nitrogens with one attached hydrogen (secondary N) is 1. The van der Waals surface area contributed by atoms with E-state index in [0.717, 1.165) is 12.7 Å². The lowest BCUT2D eigenvalue weighted by Crippen LogP contribution is -2.34. The van der Waals surface area contributed by atoms with Crippen molar-refractivity contribution in [2.24, 2.45) is 0 Å². The summed E-state index contributed by atoms with van der Waals surface area (Å²) in [6.07, 6.45) is 2.72. The maximum atomic E-state index is 12.1. The summed E-state index contributed by atoms with van der Waals surface area (Å²) in [5.74, 6) is 1.05. The van der Waals surface area contributed by atoms with Gasteiger partial charge in [-0.05, 0) is 31.9 Å². The van der Waals surface area contributed by atoms with Gasteiger partial charge in [-0.2, -0.15) is 0 Å². The number of anilines is 1. The fraction of sp³-hybridized carbons (Fsp3) is 0.562. The van der Waals surface area contributed by atoms with Crippen LogP contribution in [0.1, 0.15) is 33.1 Å². The quantitative estimate of drug-likeness (QED) is 0.769. The van der Waals surface area contributed by atoms with Crippen LogP contribution >= 0.6 is 0 Å². The molecule has 1 atom stereocenters. The highest BCUT2D eigenvalue weighted by Crippen LogP contribution is 2.36. The molecule has 8 heteroatoms. The van der Waals surface area contributed by atoms with E-state index in [0.29, 0.717) is 23.6 Å². The van der Waals surface area contributed by atoms with E-state index in [2.05, 4.69) is 5.32 Å². The SMILES string of the molecule is CCC(C)NC(=O)CCCN(c1ccc2c(c1)OCO2)S(C)(=O)=O. The zero-order valence-electron chi connectivity index (χ0n) is 14.2. The van der Waals surface area contributed by atoms with E-state index >= 15 is 0 Å². The summed E-state index contributed by atoms with van der Waals surface area (Å²) in [4.78, 5) is 11.8.